The number of fused-ring (bicyclic) bond motifs is 1. The van der Waals surface area contributed by atoms with Gasteiger partial charge in [0.05, 0.1) is 10.9 Å². The number of hydrogen-bond donors (Lipinski definition) is 3. The van der Waals surface area contributed by atoms with E-state index in [0.29, 0.717) is 11.3 Å². The first-order chi connectivity index (χ1) is 6.58. The molecule has 0 radical (unpaired) electrons. The summed E-state index contributed by atoms with van der Waals surface area (Å²) >= 11 is 0. The van der Waals surface area contributed by atoms with E-state index in [1.807, 2.05) is 0 Å². The number of aromatic nitrogens is 2. The Kier molecular flexibility index (Phi) is 1.67. The van der Waals surface area contributed by atoms with Crippen LogP contribution in [0.2, 0.25) is 0 Å². The van der Waals surface area contributed by atoms with Gasteiger partial charge >= 0.3 is 0 Å². The number of aryl methyl sites for hydroxylation is 1. The van der Waals surface area contributed by atoms with E-state index in [4.69, 9.17) is 0 Å². The van der Waals surface area contributed by atoms with Crippen LogP contribution in [0.1, 0.15) is 5.82 Å². The molecule has 0 atom stereocenters. The summed E-state index contributed by atoms with van der Waals surface area (Å²) in [6.07, 6.45) is 0. The number of phenols is 2. The van der Waals surface area contributed by atoms with E-state index in [9.17, 15) is 15.0 Å². The maximum Gasteiger partial charge on any atom is 0.258 e. The van der Waals surface area contributed by atoms with Crippen LogP contribution >= 0.6 is 0 Å². The van der Waals surface area contributed by atoms with Gasteiger partial charge in [-0.25, -0.2) is 4.98 Å². The Hall–Kier alpha value is -2.04. The highest BCUT2D eigenvalue weighted by Crippen LogP contribution is 2.27. The first-order valence-electron chi connectivity index (χ1n) is 4.00. The number of phenolic OH excluding ortho intramolecular Hbond substituents is 2. The molecule has 5 nitrogen and oxygen atoms in total. The van der Waals surface area contributed by atoms with E-state index >= 15 is 0 Å². The lowest BCUT2D eigenvalue weighted by Gasteiger charge is -2.01. The number of nitrogens with one attached hydrogen (secondary N) is 1. The third kappa shape index (κ3) is 1.19. The summed E-state index contributed by atoms with van der Waals surface area (Å²) in [7, 11) is 0. The standard InChI is InChI=1S/C9H8N2O3/c1-4-10-6-3-8(13)7(12)2-5(6)9(14)11-4/h2-3,12-13H,1H3,(H,10,11,14). The van der Waals surface area contributed by atoms with Crippen molar-refractivity contribution in [2.45, 2.75) is 6.92 Å². The second kappa shape index (κ2) is 2.73. The minimum atomic E-state index is -0.331. The molecule has 0 aliphatic heterocycles. The fourth-order valence-electron chi connectivity index (χ4n) is 1.28. The Bertz CT molecular complexity index is 560. The van der Waals surface area contributed by atoms with Crippen LogP contribution in [0, 0.1) is 6.92 Å². The maximum absolute atomic E-state index is 11.4. The zero-order chi connectivity index (χ0) is 10.3. The SMILES string of the molecule is Cc1nc2cc(O)c(O)cc2c(=O)[nH]1. The molecule has 1 heterocycles. The number of aromatic amines is 1. The molecule has 2 rings (SSSR count). The van der Waals surface area contributed by atoms with Gasteiger partial charge in [-0.15, -0.1) is 0 Å². The highest BCUT2D eigenvalue weighted by atomic mass is 16.3. The first-order valence-corrected chi connectivity index (χ1v) is 4.00. The van der Waals surface area contributed by atoms with Crippen molar-refractivity contribution in [1.29, 1.82) is 0 Å². The number of nitrogens with zero attached hydrogens (tertiary/aromatic N) is 1. The van der Waals surface area contributed by atoms with Crippen LogP contribution in [0.4, 0.5) is 0 Å². The van der Waals surface area contributed by atoms with E-state index in [1.54, 1.807) is 6.92 Å². The molecule has 0 saturated carbocycles. The largest absolute Gasteiger partial charge is 0.504 e. The molecule has 0 bridgehead atoms. The predicted molar refractivity (Wildman–Crippen MR) is 50.4 cm³/mol. The summed E-state index contributed by atoms with van der Waals surface area (Å²) in [6, 6.07) is 2.45. The van der Waals surface area contributed by atoms with Crippen molar-refractivity contribution in [3.63, 3.8) is 0 Å². The molecule has 0 saturated heterocycles. The molecule has 0 amide bonds. The average molecular weight is 192 g/mol. The van der Waals surface area contributed by atoms with E-state index in [2.05, 4.69) is 9.97 Å². The van der Waals surface area contributed by atoms with Gasteiger partial charge < -0.3 is 15.2 Å². The van der Waals surface area contributed by atoms with Crippen molar-refractivity contribution in [1.82, 2.24) is 9.97 Å². The Labute approximate surface area is 78.7 Å². The van der Waals surface area contributed by atoms with E-state index in [0.717, 1.165) is 0 Å². The van der Waals surface area contributed by atoms with Crippen LogP contribution in [0.5, 0.6) is 11.5 Å². The van der Waals surface area contributed by atoms with Crippen LogP contribution in [0.25, 0.3) is 10.9 Å². The van der Waals surface area contributed by atoms with Gasteiger partial charge in [-0.2, -0.15) is 0 Å². The van der Waals surface area contributed by atoms with E-state index in [1.165, 1.54) is 12.1 Å². The molecule has 0 unspecified atom stereocenters. The lowest BCUT2D eigenvalue weighted by Crippen LogP contribution is -2.09. The van der Waals surface area contributed by atoms with Gasteiger partial charge in [0.2, 0.25) is 0 Å². The Morgan fingerprint density at radius 2 is 1.93 bits per heavy atom. The predicted octanol–water partition coefficient (Wildman–Crippen LogP) is 0.643. The Morgan fingerprint density at radius 3 is 2.64 bits per heavy atom. The molecule has 5 heteroatoms. The maximum atomic E-state index is 11.4. The molecule has 14 heavy (non-hydrogen) atoms. The second-order valence-corrected chi connectivity index (χ2v) is 3.01. The quantitative estimate of drug-likeness (QED) is 0.534. The summed E-state index contributed by atoms with van der Waals surface area (Å²) in [5.41, 5.74) is 0.0318. The summed E-state index contributed by atoms with van der Waals surface area (Å²) in [5.74, 6) is -0.142. The smallest absolute Gasteiger partial charge is 0.258 e. The number of benzene rings is 1. The van der Waals surface area contributed by atoms with E-state index < -0.39 is 0 Å². The lowest BCUT2D eigenvalue weighted by molar-refractivity contribution is 0.404. The highest BCUT2D eigenvalue weighted by Gasteiger charge is 2.06. The highest BCUT2D eigenvalue weighted by molar-refractivity contribution is 5.81. The molecule has 1 aromatic heterocycles. The minimum Gasteiger partial charge on any atom is -0.504 e. The average Bonchev–Trinajstić information content (AvgIpc) is 2.08. The number of H-pyrrole nitrogens is 1. The monoisotopic (exact) mass is 192 g/mol. The van der Waals surface area contributed by atoms with Gasteiger partial charge in [0.15, 0.2) is 11.5 Å². The van der Waals surface area contributed by atoms with Crippen LogP contribution < -0.4 is 5.56 Å². The van der Waals surface area contributed by atoms with Crippen LogP contribution in [0.3, 0.4) is 0 Å². The number of hydrogen-bond acceptors (Lipinski definition) is 4. The zero-order valence-electron chi connectivity index (χ0n) is 7.40. The minimum absolute atomic E-state index is 0.255. The lowest BCUT2D eigenvalue weighted by atomic mass is 10.2. The fourth-order valence-corrected chi connectivity index (χ4v) is 1.28. The molecular weight excluding hydrogens is 184 g/mol. The molecule has 72 valence electrons. The van der Waals surface area contributed by atoms with Crippen LogP contribution in [0.15, 0.2) is 16.9 Å². The third-order valence-electron chi connectivity index (χ3n) is 1.92. The van der Waals surface area contributed by atoms with Gasteiger partial charge in [-0.05, 0) is 13.0 Å². The molecule has 0 fully saturated rings. The summed E-state index contributed by atoms with van der Waals surface area (Å²) < 4.78 is 0. The van der Waals surface area contributed by atoms with Crippen molar-refractivity contribution in [3.8, 4) is 11.5 Å². The summed E-state index contributed by atoms with van der Waals surface area (Å²) in [4.78, 5) is 17.9. The molecule has 2 aromatic rings. The van der Waals surface area contributed by atoms with E-state index in [-0.39, 0.29) is 22.4 Å². The molecule has 0 aliphatic rings. The molecule has 0 aliphatic carbocycles. The Morgan fingerprint density at radius 1 is 1.29 bits per heavy atom. The van der Waals surface area contributed by atoms with Crippen molar-refractivity contribution >= 4 is 10.9 Å². The number of rotatable bonds is 0. The Balaban J connectivity index is 2.96. The van der Waals surface area contributed by atoms with Crippen molar-refractivity contribution in [2.24, 2.45) is 0 Å². The molecule has 0 spiro atoms. The van der Waals surface area contributed by atoms with Crippen molar-refractivity contribution in [3.05, 3.63) is 28.3 Å². The van der Waals surface area contributed by atoms with Gasteiger partial charge in [0, 0.05) is 6.07 Å². The summed E-state index contributed by atoms with van der Waals surface area (Å²) in [6.45, 7) is 1.64. The van der Waals surface area contributed by atoms with Gasteiger partial charge in [-0.3, -0.25) is 4.79 Å². The van der Waals surface area contributed by atoms with Crippen molar-refractivity contribution < 1.29 is 10.2 Å². The van der Waals surface area contributed by atoms with Crippen LogP contribution in [-0.2, 0) is 0 Å². The first kappa shape index (κ1) is 8.55. The second-order valence-electron chi connectivity index (χ2n) is 3.01. The van der Waals surface area contributed by atoms with Crippen molar-refractivity contribution in [2.75, 3.05) is 0 Å². The summed E-state index contributed by atoms with van der Waals surface area (Å²) in [5, 5.41) is 18.6. The molecule has 3 N–H and O–H groups in total. The normalized spacial score (nSPS) is 10.6. The zero-order valence-corrected chi connectivity index (χ0v) is 7.40. The third-order valence-corrected chi connectivity index (χ3v) is 1.92. The molecule has 1 aromatic carbocycles. The topological polar surface area (TPSA) is 86.2 Å². The molecular formula is C9H8N2O3. The van der Waals surface area contributed by atoms with Gasteiger partial charge in [0.1, 0.15) is 5.82 Å². The van der Waals surface area contributed by atoms with Crippen LogP contribution in [-0.4, -0.2) is 20.2 Å². The fraction of sp³-hybridized carbons (Fsp3) is 0.111. The number of aromatic hydroxyl groups is 2. The van der Waals surface area contributed by atoms with Gasteiger partial charge in [0.25, 0.3) is 5.56 Å². The van der Waals surface area contributed by atoms with Gasteiger partial charge in [-0.1, -0.05) is 0 Å².